The lowest BCUT2D eigenvalue weighted by molar-refractivity contribution is -0.346. The van der Waals surface area contributed by atoms with Crippen LogP contribution in [0.2, 0.25) is 0 Å². The molecule has 16 N–H and O–H groups in total. The van der Waals surface area contributed by atoms with E-state index in [9.17, 15) is 105 Å². The Kier molecular flexibility index (Phi) is 44.4. The molecular weight excluding hydrogens is 1500 g/mol. The number of ether oxygens (including phenoxy) is 10. The number of unbranched alkanes of at least 4 members (excludes halogenated alkanes) is 14. The Labute approximate surface area is 622 Å². The van der Waals surface area contributed by atoms with Gasteiger partial charge in [0.2, 0.25) is 23.6 Å². The Morgan fingerprint density at radius 3 is 1.07 bits per heavy atom. The molecule has 4 fully saturated rings. The third kappa shape index (κ3) is 37.3. The number of rotatable bonds is 56. The fraction of sp³-hybridized carbons (Fsp3) is 0.905. The highest BCUT2D eigenvalue weighted by molar-refractivity contribution is 7.81. The van der Waals surface area contributed by atoms with Gasteiger partial charge in [0.25, 0.3) is 0 Å². The van der Waals surface area contributed by atoms with Crippen LogP contribution >= 0.6 is 0 Å². The van der Waals surface area contributed by atoms with E-state index >= 15 is 0 Å². The first-order valence-corrected chi connectivity index (χ1v) is 40.2. The Balaban J connectivity index is 0.885. The predicted molar refractivity (Wildman–Crippen MR) is 363 cm³/mol. The fourth-order valence-corrected chi connectivity index (χ4v) is 12.8. The number of carboxylic acids is 2. The van der Waals surface area contributed by atoms with Crippen molar-refractivity contribution >= 4 is 66.8 Å². The lowest BCUT2D eigenvalue weighted by Gasteiger charge is -2.46. The van der Waals surface area contributed by atoms with E-state index in [1.807, 2.05) is 0 Å². The zero-order valence-corrected chi connectivity index (χ0v) is 62.5. The summed E-state index contributed by atoms with van der Waals surface area (Å²) in [6.07, 6.45) is -18.0. The van der Waals surface area contributed by atoms with Crippen molar-refractivity contribution in [3.63, 3.8) is 0 Å². The van der Waals surface area contributed by atoms with E-state index in [1.54, 1.807) is 0 Å². The largest absolute Gasteiger partial charge is 0.479 e. The van der Waals surface area contributed by atoms with Crippen LogP contribution in [0, 0.1) is 11.8 Å². The molecule has 0 bridgehead atoms. The number of carbonyl (C=O) groups is 6. The maximum Gasteiger partial charge on any atom is 0.397 e. The number of aliphatic hydroxyl groups excluding tert-OH is 7. The average molecular weight is 1610 g/mol. The van der Waals surface area contributed by atoms with Crippen LogP contribution in [0.1, 0.15) is 162 Å². The molecule has 44 heteroatoms. The summed E-state index contributed by atoms with van der Waals surface area (Å²) in [6, 6.07) is 0. The van der Waals surface area contributed by atoms with Gasteiger partial charge in [-0.2, -0.15) is 25.3 Å². The van der Waals surface area contributed by atoms with E-state index in [4.69, 9.17) is 56.5 Å². The van der Waals surface area contributed by atoms with Gasteiger partial charge >= 0.3 is 43.1 Å². The van der Waals surface area contributed by atoms with Gasteiger partial charge in [-0.05, 0) is 57.8 Å². The maximum atomic E-state index is 12.4. The first kappa shape index (κ1) is 95.1. The molecule has 20 atom stereocenters. The summed E-state index contributed by atoms with van der Waals surface area (Å²) >= 11 is 0. The Hall–Kier alpha value is -4.25. The molecule has 4 heterocycles. The van der Waals surface area contributed by atoms with Crippen LogP contribution in [0.4, 0.5) is 0 Å². The summed E-state index contributed by atoms with van der Waals surface area (Å²) in [4.78, 5) is 73.6. The van der Waals surface area contributed by atoms with Crippen molar-refractivity contribution in [3.05, 3.63) is 0 Å². The van der Waals surface area contributed by atoms with Crippen LogP contribution in [-0.2, 0) is 120 Å². The minimum Gasteiger partial charge on any atom is -0.479 e. The molecule has 0 saturated carbocycles. The number of aliphatic carboxylic acids is 2. The standard InChI is InChI=1S/C63H112N4O37S3/c1-38-46(72)48(74)40(36-96-105(83,84)85)98-60(38)100-53-50(76)51(77)62(102-56(53)58(79)80)94-32-19-11-9-17-26-64-42(68)22-13-5-3-7-15-28-66-44(70)24-34-92-30-21-31-93-35-25-45(71)67-29-16-8-4-6-14-23-43(69)65-27-18-10-12-20-33-95-63-55(104-107(89,90)91)52(78)54(57(103-63)59(81)82)101-61-39(2)47(73)49(75)41(99-61)37-97-106(86,87)88/h38-41,46-57,60-63,72-78H,3-37H2,1-2H3,(H,64,68)(H,65,69)(H,66,70)(H,67,71)(H,79,80)(H,81,82)(H,83,84,85)(H,86,87,88)(H,89,90,91). The quantitative estimate of drug-likeness (QED) is 0.0230. The molecule has 0 aromatic rings. The van der Waals surface area contributed by atoms with Gasteiger partial charge in [0.1, 0.15) is 54.9 Å². The molecule has 0 aromatic carbocycles. The summed E-state index contributed by atoms with van der Waals surface area (Å²) in [5, 5.41) is 106. The number of carbonyl (C=O) groups excluding carboxylic acids is 4. The lowest BCUT2D eigenvalue weighted by Crippen LogP contribution is -2.64. The Bertz CT molecular complexity index is 2970. The summed E-state index contributed by atoms with van der Waals surface area (Å²) in [6.45, 7) is 3.77. The molecule has 20 unspecified atom stereocenters. The molecule has 0 radical (unpaired) electrons. The van der Waals surface area contributed by atoms with E-state index in [2.05, 4.69) is 33.8 Å². The van der Waals surface area contributed by atoms with Crippen LogP contribution in [0.5, 0.6) is 0 Å². The third-order valence-corrected chi connectivity index (χ3v) is 19.2. The van der Waals surface area contributed by atoms with Gasteiger partial charge in [-0.3, -0.25) is 32.8 Å². The fourth-order valence-electron chi connectivity index (χ4n) is 11.7. The van der Waals surface area contributed by atoms with Gasteiger partial charge < -0.3 is 115 Å². The first-order valence-electron chi connectivity index (χ1n) is 36.1. The number of hydrogen-bond acceptors (Lipinski definition) is 32. The van der Waals surface area contributed by atoms with Crippen molar-refractivity contribution in [1.82, 2.24) is 21.3 Å². The molecule has 624 valence electrons. The topological polar surface area (TPSA) is 616 Å². The first-order chi connectivity index (χ1) is 50.6. The molecule has 4 rings (SSSR count). The molecule has 41 nitrogen and oxygen atoms in total. The van der Waals surface area contributed by atoms with Gasteiger partial charge in [0.15, 0.2) is 43.5 Å². The van der Waals surface area contributed by atoms with Crippen LogP contribution in [-0.4, -0.2) is 310 Å². The summed E-state index contributed by atoms with van der Waals surface area (Å²) in [5.74, 6) is -5.98. The average Bonchev–Trinajstić information content (AvgIpc) is 0.785. The van der Waals surface area contributed by atoms with Crippen LogP contribution in [0.15, 0.2) is 0 Å². The van der Waals surface area contributed by atoms with E-state index in [1.165, 1.54) is 13.8 Å². The van der Waals surface area contributed by atoms with E-state index in [0.29, 0.717) is 110 Å². The van der Waals surface area contributed by atoms with Gasteiger partial charge in [-0.1, -0.05) is 78.1 Å². The molecular formula is C63H112N4O37S3. The summed E-state index contributed by atoms with van der Waals surface area (Å²) in [5.41, 5.74) is 0. The SMILES string of the molecule is CC1C(OC2C(C(=O)O)OC(OCCCCCCNC(=O)CCCCCCCNC(=O)CCOCCCOCCC(=O)NCCCCCCCC(=O)NCCCCCCOC3OC(C(=O)O)C(OC4OC(COS(=O)(=O)O)C(O)C(O)C4C)C(O)C3OS(=O)(=O)O)C(O)C2O)OC(COS(=O)(=O)O)C(O)C1O. The number of nitrogens with one attached hydrogen (secondary N) is 4. The zero-order valence-electron chi connectivity index (χ0n) is 60.1. The molecule has 107 heavy (non-hydrogen) atoms. The molecule has 0 aliphatic carbocycles. The second-order valence-electron chi connectivity index (χ2n) is 26.5. The minimum atomic E-state index is -5.33. The predicted octanol–water partition coefficient (Wildman–Crippen LogP) is -2.05. The van der Waals surface area contributed by atoms with Gasteiger partial charge in [0, 0.05) is 90.1 Å². The van der Waals surface area contributed by atoms with Crippen molar-refractivity contribution in [2.45, 2.75) is 272 Å². The second-order valence-corrected chi connectivity index (χ2v) is 29.7. The number of amides is 4. The monoisotopic (exact) mass is 1610 g/mol. The molecule has 4 saturated heterocycles. The van der Waals surface area contributed by atoms with Gasteiger partial charge in [-0.15, -0.1) is 0 Å². The van der Waals surface area contributed by atoms with E-state index in [-0.39, 0.29) is 62.9 Å². The molecule has 4 amide bonds. The van der Waals surface area contributed by atoms with Crippen LogP contribution < -0.4 is 21.3 Å². The highest BCUT2D eigenvalue weighted by Crippen LogP contribution is 2.36. The zero-order chi connectivity index (χ0) is 79.3. The van der Waals surface area contributed by atoms with Crippen molar-refractivity contribution in [1.29, 1.82) is 0 Å². The van der Waals surface area contributed by atoms with Gasteiger partial charge in [0.05, 0.1) is 38.6 Å². The Morgan fingerprint density at radius 1 is 0.346 bits per heavy atom. The van der Waals surface area contributed by atoms with E-state index < -0.39 is 179 Å². The Morgan fingerprint density at radius 2 is 0.692 bits per heavy atom. The smallest absolute Gasteiger partial charge is 0.397 e. The highest BCUT2D eigenvalue weighted by Gasteiger charge is 2.56. The number of carboxylic acid groups (broad SMARTS) is 2. The molecule has 0 aromatic heterocycles. The van der Waals surface area contributed by atoms with Crippen molar-refractivity contribution < 1.29 is 174 Å². The van der Waals surface area contributed by atoms with Crippen molar-refractivity contribution in [3.8, 4) is 0 Å². The number of aliphatic hydroxyl groups is 7. The van der Waals surface area contributed by atoms with Crippen molar-refractivity contribution in [2.24, 2.45) is 11.8 Å². The number of hydrogen-bond donors (Lipinski definition) is 16. The maximum absolute atomic E-state index is 12.4. The molecule has 0 spiro atoms. The normalized spacial score (nSPS) is 29.3. The summed E-state index contributed by atoms with van der Waals surface area (Å²) < 4.78 is 163. The second kappa shape index (κ2) is 50.0. The molecule has 4 aliphatic rings. The highest BCUT2D eigenvalue weighted by atomic mass is 32.3. The minimum absolute atomic E-state index is 0.0299. The van der Waals surface area contributed by atoms with E-state index in [0.717, 1.165) is 64.2 Å². The summed E-state index contributed by atoms with van der Waals surface area (Å²) in [7, 11) is -15.3. The van der Waals surface area contributed by atoms with Gasteiger partial charge in [-0.25, -0.2) is 22.1 Å². The molecule has 4 aliphatic heterocycles. The van der Waals surface area contributed by atoms with Crippen LogP contribution in [0.25, 0.3) is 0 Å². The lowest BCUT2D eigenvalue weighted by atomic mass is 9.92. The van der Waals surface area contributed by atoms with Crippen LogP contribution in [0.3, 0.4) is 0 Å². The third-order valence-electron chi connectivity index (χ3n) is 17.8. The van der Waals surface area contributed by atoms with Crippen molar-refractivity contribution in [2.75, 3.05) is 79.0 Å².